The molecule has 1 aliphatic rings. The van der Waals surface area contributed by atoms with Crippen LogP contribution in [0.1, 0.15) is 35.1 Å². The van der Waals surface area contributed by atoms with E-state index in [1.807, 2.05) is 38.4 Å². The van der Waals surface area contributed by atoms with Crippen molar-refractivity contribution in [3.63, 3.8) is 0 Å². The van der Waals surface area contributed by atoms with Crippen LogP contribution in [-0.2, 0) is 18.4 Å². The molecule has 2 nitrogen and oxygen atoms in total. The summed E-state index contributed by atoms with van der Waals surface area (Å²) in [7, 11) is 4.10. The van der Waals surface area contributed by atoms with Crippen molar-refractivity contribution < 1.29 is 5.11 Å². The van der Waals surface area contributed by atoms with Crippen molar-refractivity contribution in [2.75, 3.05) is 20.6 Å². The molecule has 0 saturated carbocycles. The highest BCUT2D eigenvalue weighted by Crippen LogP contribution is 2.43. The molecule has 0 heterocycles. The third-order valence-electron chi connectivity index (χ3n) is 4.86. The van der Waals surface area contributed by atoms with Crippen molar-refractivity contribution in [3.05, 3.63) is 68.7 Å². The molecule has 1 atom stereocenters. The summed E-state index contributed by atoms with van der Waals surface area (Å²) in [6.45, 7) is 0.925. The Morgan fingerprint density at radius 3 is 2.58 bits per heavy atom. The summed E-state index contributed by atoms with van der Waals surface area (Å²) in [6.07, 6.45) is 3.23. The molecule has 0 bridgehead atoms. The number of hydrogen-bond acceptors (Lipinski definition) is 2. The standard InChI is InChI=1S/C20H23Cl2NO/c1-23(2)11-5-10-20(24)17-7-4-3-6-14(17)8-9-16-18(20)12-15(21)13-19(16)22/h3-4,6-7,12-13,24H,5,8-11H2,1-2H3. The number of fused-ring (bicyclic) bond motifs is 2. The van der Waals surface area contributed by atoms with E-state index in [2.05, 4.69) is 11.0 Å². The fourth-order valence-electron chi connectivity index (χ4n) is 3.69. The minimum atomic E-state index is -1.05. The van der Waals surface area contributed by atoms with Gasteiger partial charge in [0.05, 0.1) is 0 Å². The highest BCUT2D eigenvalue weighted by molar-refractivity contribution is 6.35. The van der Waals surface area contributed by atoms with Crippen molar-refractivity contribution in [3.8, 4) is 0 Å². The van der Waals surface area contributed by atoms with Gasteiger partial charge in [-0.25, -0.2) is 0 Å². The van der Waals surface area contributed by atoms with Gasteiger partial charge in [0.1, 0.15) is 5.60 Å². The van der Waals surface area contributed by atoms with Crippen LogP contribution in [0.25, 0.3) is 0 Å². The van der Waals surface area contributed by atoms with Gasteiger partial charge in [0.25, 0.3) is 0 Å². The van der Waals surface area contributed by atoms with Crippen LogP contribution < -0.4 is 0 Å². The van der Waals surface area contributed by atoms with E-state index in [4.69, 9.17) is 23.2 Å². The number of halogens is 2. The minimum absolute atomic E-state index is 0.573. The van der Waals surface area contributed by atoms with Crippen LogP contribution in [0.2, 0.25) is 10.0 Å². The summed E-state index contributed by atoms with van der Waals surface area (Å²) in [6, 6.07) is 11.8. The highest BCUT2D eigenvalue weighted by atomic mass is 35.5. The highest BCUT2D eigenvalue weighted by Gasteiger charge is 2.37. The Morgan fingerprint density at radius 1 is 1.08 bits per heavy atom. The van der Waals surface area contributed by atoms with Gasteiger partial charge < -0.3 is 10.0 Å². The Balaban J connectivity index is 2.14. The van der Waals surface area contributed by atoms with Gasteiger partial charge in [-0.1, -0.05) is 47.5 Å². The van der Waals surface area contributed by atoms with E-state index < -0.39 is 5.60 Å². The van der Waals surface area contributed by atoms with Crippen LogP contribution in [0.5, 0.6) is 0 Å². The average Bonchev–Trinajstić information content (AvgIpc) is 2.64. The van der Waals surface area contributed by atoms with Gasteiger partial charge in [-0.2, -0.15) is 0 Å². The molecule has 128 valence electrons. The van der Waals surface area contributed by atoms with Crippen LogP contribution in [0, 0.1) is 0 Å². The lowest BCUT2D eigenvalue weighted by Gasteiger charge is -2.32. The van der Waals surface area contributed by atoms with Crippen molar-refractivity contribution in [2.24, 2.45) is 0 Å². The molecule has 0 aliphatic heterocycles. The first-order valence-electron chi connectivity index (χ1n) is 8.35. The molecule has 0 amide bonds. The zero-order chi connectivity index (χ0) is 17.3. The van der Waals surface area contributed by atoms with Gasteiger partial charge in [0.15, 0.2) is 0 Å². The van der Waals surface area contributed by atoms with Crippen molar-refractivity contribution in [1.82, 2.24) is 4.90 Å². The Hall–Kier alpha value is -1.06. The molecule has 4 heteroatoms. The first-order chi connectivity index (χ1) is 11.4. The third-order valence-corrected chi connectivity index (χ3v) is 5.41. The predicted octanol–water partition coefficient (Wildman–Crippen LogP) is 4.67. The molecule has 0 aromatic heterocycles. The molecule has 24 heavy (non-hydrogen) atoms. The van der Waals surface area contributed by atoms with Crippen LogP contribution >= 0.6 is 23.2 Å². The van der Waals surface area contributed by atoms with E-state index in [1.54, 1.807) is 6.07 Å². The number of benzene rings is 2. The summed E-state index contributed by atoms with van der Waals surface area (Å²) < 4.78 is 0. The van der Waals surface area contributed by atoms with E-state index in [0.717, 1.165) is 42.5 Å². The summed E-state index contributed by atoms with van der Waals surface area (Å²) in [5.74, 6) is 0. The van der Waals surface area contributed by atoms with Crippen molar-refractivity contribution in [1.29, 1.82) is 0 Å². The molecular formula is C20H23Cl2NO. The van der Waals surface area contributed by atoms with Crippen LogP contribution in [0.3, 0.4) is 0 Å². The molecule has 1 unspecified atom stereocenters. The van der Waals surface area contributed by atoms with Gasteiger partial charge in [0, 0.05) is 10.0 Å². The number of nitrogens with zero attached hydrogens (tertiary/aromatic N) is 1. The van der Waals surface area contributed by atoms with E-state index in [9.17, 15) is 5.11 Å². The Bertz CT molecular complexity index is 744. The molecule has 3 rings (SSSR count). The van der Waals surface area contributed by atoms with E-state index in [0.29, 0.717) is 16.5 Å². The first-order valence-corrected chi connectivity index (χ1v) is 9.11. The second-order valence-electron chi connectivity index (χ2n) is 6.84. The Labute approximate surface area is 154 Å². The van der Waals surface area contributed by atoms with E-state index in [-0.39, 0.29) is 0 Å². The SMILES string of the molecule is CN(C)CCCC1(O)c2ccccc2CCc2c(Cl)cc(Cl)cc21. The molecular weight excluding hydrogens is 341 g/mol. The monoisotopic (exact) mass is 363 g/mol. The second kappa shape index (κ2) is 7.05. The zero-order valence-electron chi connectivity index (χ0n) is 14.1. The maximum absolute atomic E-state index is 11.8. The third kappa shape index (κ3) is 3.34. The molecule has 2 aromatic carbocycles. The normalized spacial score (nSPS) is 19.8. The molecule has 2 aromatic rings. The largest absolute Gasteiger partial charge is 0.380 e. The number of rotatable bonds is 4. The lowest BCUT2D eigenvalue weighted by atomic mass is 9.80. The van der Waals surface area contributed by atoms with Gasteiger partial charge in [0.2, 0.25) is 0 Å². The first kappa shape index (κ1) is 17.8. The fraction of sp³-hybridized carbons (Fsp3) is 0.400. The summed E-state index contributed by atoms with van der Waals surface area (Å²) in [4.78, 5) is 2.14. The second-order valence-corrected chi connectivity index (χ2v) is 7.68. The lowest BCUT2D eigenvalue weighted by Crippen LogP contribution is -2.30. The average molecular weight is 364 g/mol. The predicted molar refractivity (Wildman–Crippen MR) is 101 cm³/mol. The molecule has 0 radical (unpaired) electrons. The summed E-state index contributed by atoms with van der Waals surface area (Å²) in [5, 5.41) is 13.0. The van der Waals surface area contributed by atoms with Crippen LogP contribution in [0.15, 0.2) is 36.4 Å². The van der Waals surface area contributed by atoms with E-state index in [1.165, 1.54) is 5.56 Å². The topological polar surface area (TPSA) is 23.5 Å². The summed E-state index contributed by atoms with van der Waals surface area (Å²) in [5.41, 5.74) is 3.01. The zero-order valence-corrected chi connectivity index (χ0v) is 15.7. The molecule has 1 aliphatic carbocycles. The number of aryl methyl sites for hydroxylation is 1. The smallest absolute Gasteiger partial charge is 0.115 e. The van der Waals surface area contributed by atoms with Crippen molar-refractivity contribution >= 4 is 23.2 Å². The van der Waals surface area contributed by atoms with Crippen LogP contribution in [-0.4, -0.2) is 30.6 Å². The number of aliphatic hydroxyl groups is 1. The minimum Gasteiger partial charge on any atom is -0.380 e. The number of hydrogen-bond donors (Lipinski definition) is 1. The van der Waals surface area contributed by atoms with Crippen LogP contribution in [0.4, 0.5) is 0 Å². The molecule has 0 fully saturated rings. The molecule has 0 spiro atoms. The quantitative estimate of drug-likeness (QED) is 0.852. The van der Waals surface area contributed by atoms with Gasteiger partial charge in [-0.05, 0) is 80.7 Å². The Morgan fingerprint density at radius 2 is 1.83 bits per heavy atom. The van der Waals surface area contributed by atoms with E-state index >= 15 is 0 Å². The lowest BCUT2D eigenvalue weighted by molar-refractivity contribution is 0.0659. The Kier molecular flexibility index (Phi) is 5.22. The van der Waals surface area contributed by atoms with Gasteiger partial charge in [-0.3, -0.25) is 0 Å². The molecule has 0 saturated heterocycles. The van der Waals surface area contributed by atoms with Gasteiger partial charge in [-0.15, -0.1) is 0 Å². The fourth-order valence-corrected chi connectivity index (χ4v) is 4.28. The maximum atomic E-state index is 11.8. The van der Waals surface area contributed by atoms with Crippen molar-refractivity contribution in [2.45, 2.75) is 31.3 Å². The molecule has 1 N–H and O–H groups in total. The summed E-state index contributed by atoms with van der Waals surface area (Å²) >= 11 is 12.7. The maximum Gasteiger partial charge on any atom is 0.115 e. The van der Waals surface area contributed by atoms with Gasteiger partial charge >= 0.3 is 0 Å².